The Morgan fingerprint density at radius 3 is 2.75 bits per heavy atom. The van der Waals surface area contributed by atoms with E-state index in [2.05, 4.69) is 15.9 Å². The summed E-state index contributed by atoms with van der Waals surface area (Å²) in [6.45, 7) is 0. The first-order valence-corrected chi connectivity index (χ1v) is 7.67. The van der Waals surface area contributed by atoms with Crippen LogP contribution in [0.1, 0.15) is 12.0 Å². The second-order valence-corrected chi connectivity index (χ2v) is 7.47. The Labute approximate surface area is 104 Å². The number of hydrogen-bond donors (Lipinski definition) is 1. The van der Waals surface area contributed by atoms with Gasteiger partial charge in [-0.3, -0.25) is 0 Å². The molecular formula is C11H13BrO3S. The summed E-state index contributed by atoms with van der Waals surface area (Å²) < 4.78 is 23.6. The first kappa shape index (κ1) is 12.1. The van der Waals surface area contributed by atoms with Crippen molar-refractivity contribution in [2.75, 3.05) is 11.5 Å². The summed E-state index contributed by atoms with van der Waals surface area (Å²) in [6, 6.07) is 7.59. The zero-order valence-corrected chi connectivity index (χ0v) is 11.1. The average Bonchev–Trinajstić information content (AvgIpc) is 2.40. The van der Waals surface area contributed by atoms with Crippen LogP contribution in [0.2, 0.25) is 0 Å². The van der Waals surface area contributed by atoms with E-state index in [9.17, 15) is 13.5 Å². The smallest absolute Gasteiger partial charge is 0.153 e. The van der Waals surface area contributed by atoms with Crippen LogP contribution in [0, 0.1) is 0 Å². The van der Waals surface area contributed by atoms with E-state index in [4.69, 9.17) is 0 Å². The Hall–Kier alpha value is -0.390. The molecule has 1 fully saturated rings. The largest absolute Gasteiger partial charge is 0.388 e. The molecule has 2 rings (SSSR count). The van der Waals surface area contributed by atoms with Gasteiger partial charge in [0.15, 0.2) is 9.84 Å². The molecule has 1 aromatic carbocycles. The summed E-state index contributed by atoms with van der Waals surface area (Å²) in [4.78, 5) is 0. The van der Waals surface area contributed by atoms with E-state index in [1.54, 1.807) is 0 Å². The van der Waals surface area contributed by atoms with E-state index >= 15 is 0 Å². The number of aliphatic hydroxyl groups is 1. The summed E-state index contributed by atoms with van der Waals surface area (Å²) >= 11 is 3.35. The van der Waals surface area contributed by atoms with Crippen LogP contribution in [0.15, 0.2) is 28.7 Å². The molecule has 1 aromatic rings. The third-order valence-electron chi connectivity index (χ3n) is 2.79. The summed E-state index contributed by atoms with van der Waals surface area (Å²) in [7, 11) is -3.05. The second kappa shape index (κ2) is 4.13. The van der Waals surface area contributed by atoms with Crippen molar-refractivity contribution in [2.45, 2.75) is 18.4 Å². The molecule has 1 saturated heterocycles. The third-order valence-corrected chi connectivity index (χ3v) is 5.09. The van der Waals surface area contributed by atoms with Crippen molar-refractivity contribution < 1.29 is 13.5 Å². The lowest BCUT2D eigenvalue weighted by atomic mass is 9.94. The van der Waals surface area contributed by atoms with Gasteiger partial charge >= 0.3 is 0 Å². The summed E-state index contributed by atoms with van der Waals surface area (Å²) in [5.41, 5.74) is -0.131. The molecule has 5 heteroatoms. The third kappa shape index (κ3) is 2.84. The highest BCUT2D eigenvalue weighted by molar-refractivity contribution is 9.10. The molecule has 0 aromatic heterocycles. The van der Waals surface area contributed by atoms with E-state index in [1.807, 2.05) is 24.3 Å². The Balaban J connectivity index is 2.16. The molecule has 88 valence electrons. The molecule has 1 unspecified atom stereocenters. The Morgan fingerprint density at radius 1 is 1.44 bits per heavy atom. The lowest BCUT2D eigenvalue weighted by Gasteiger charge is -2.20. The highest BCUT2D eigenvalue weighted by Crippen LogP contribution is 2.27. The average molecular weight is 305 g/mol. The molecule has 16 heavy (non-hydrogen) atoms. The molecular weight excluding hydrogens is 292 g/mol. The molecule has 0 spiro atoms. The maximum absolute atomic E-state index is 11.3. The van der Waals surface area contributed by atoms with E-state index in [-0.39, 0.29) is 11.5 Å². The zero-order valence-electron chi connectivity index (χ0n) is 8.69. The fourth-order valence-electron chi connectivity index (χ4n) is 2.07. The number of sulfone groups is 1. The maximum Gasteiger partial charge on any atom is 0.153 e. The van der Waals surface area contributed by atoms with E-state index < -0.39 is 15.4 Å². The quantitative estimate of drug-likeness (QED) is 0.902. The first-order chi connectivity index (χ1) is 7.39. The number of benzene rings is 1. The Kier molecular flexibility index (Phi) is 3.11. The van der Waals surface area contributed by atoms with Gasteiger partial charge in [0.05, 0.1) is 17.1 Å². The topological polar surface area (TPSA) is 54.4 Å². The number of hydrogen-bond acceptors (Lipinski definition) is 3. The van der Waals surface area contributed by atoms with Gasteiger partial charge in [-0.05, 0) is 24.1 Å². The van der Waals surface area contributed by atoms with Crippen molar-refractivity contribution >= 4 is 25.8 Å². The summed E-state index contributed by atoms with van der Waals surface area (Å²) in [5, 5.41) is 10.2. The van der Waals surface area contributed by atoms with Gasteiger partial charge in [0.1, 0.15) is 0 Å². The van der Waals surface area contributed by atoms with Crippen molar-refractivity contribution in [3.05, 3.63) is 34.3 Å². The van der Waals surface area contributed by atoms with Crippen LogP contribution in [0.5, 0.6) is 0 Å². The van der Waals surface area contributed by atoms with Gasteiger partial charge in [-0.15, -0.1) is 0 Å². The molecule has 1 atom stereocenters. The highest BCUT2D eigenvalue weighted by atomic mass is 79.9. The maximum atomic E-state index is 11.3. The van der Waals surface area contributed by atoms with Crippen molar-refractivity contribution in [1.29, 1.82) is 0 Å². The van der Waals surface area contributed by atoms with Crippen molar-refractivity contribution in [3.8, 4) is 0 Å². The molecule has 1 aliphatic heterocycles. The van der Waals surface area contributed by atoms with Crippen LogP contribution in [0.4, 0.5) is 0 Å². The van der Waals surface area contributed by atoms with Crippen LogP contribution in [0.3, 0.4) is 0 Å². The normalized spacial score (nSPS) is 28.1. The van der Waals surface area contributed by atoms with Crippen LogP contribution in [-0.4, -0.2) is 30.6 Å². The fraction of sp³-hybridized carbons (Fsp3) is 0.455. The van der Waals surface area contributed by atoms with Crippen LogP contribution >= 0.6 is 15.9 Å². The van der Waals surface area contributed by atoms with E-state index in [0.717, 1.165) is 10.0 Å². The van der Waals surface area contributed by atoms with Gasteiger partial charge in [-0.25, -0.2) is 8.42 Å². The van der Waals surface area contributed by atoms with Gasteiger partial charge < -0.3 is 5.11 Å². The lowest BCUT2D eigenvalue weighted by molar-refractivity contribution is 0.0682. The summed E-state index contributed by atoms with van der Waals surface area (Å²) in [6.07, 6.45) is 0.730. The van der Waals surface area contributed by atoms with Crippen molar-refractivity contribution in [1.82, 2.24) is 0 Å². The zero-order chi connectivity index (χ0) is 11.8. The number of halogens is 1. The molecule has 0 radical (unpaired) electrons. The predicted octanol–water partition coefficient (Wildman–Crippen LogP) is 1.54. The van der Waals surface area contributed by atoms with Crippen LogP contribution in [-0.2, 0) is 16.3 Å². The van der Waals surface area contributed by atoms with Crippen LogP contribution < -0.4 is 0 Å². The first-order valence-electron chi connectivity index (χ1n) is 5.06. The molecule has 0 amide bonds. The van der Waals surface area contributed by atoms with Gasteiger partial charge in [0.2, 0.25) is 0 Å². The molecule has 1 aliphatic rings. The minimum atomic E-state index is -3.05. The minimum Gasteiger partial charge on any atom is -0.388 e. The van der Waals surface area contributed by atoms with Gasteiger partial charge in [-0.1, -0.05) is 28.1 Å². The molecule has 1 N–H and O–H groups in total. The standard InChI is InChI=1S/C11H13BrO3S/c12-10-3-1-2-9(6-10)7-11(13)4-5-16(14,15)8-11/h1-3,6,13H,4-5,7-8H2. The van der Waals surface area contributed by atoms with E-state index in [1.165, 1.54) is 0 Å². The molecule has 0 bridgehead atoms. The van der Waals surface area contributed by atoms with Gasteiger partial charge in [-0.2, -0.15) is 0 Å². The van der Waals surface area contributed by atoms with Crippen molar-refractivity contribution in [3.63, 3.8) is 0 Å². The highest BCUT2D eigenvalue weighted by Gasteiger charge is 2.40. The molecule has 0 saturated carbocycles. The minimum absolute atomic E-state index is 0.0947. The molecule has 1 heterocycles. The Bertz CT molecular complexity index is 498. The van der Waals surface area contributed by atoms with Gasteiger partial charge in [0.25, 0.3) is 0 Å². The Morgan fingerprint density at radius 2 is 2.19 bits per heavy atom. The van der Waals surface area contributed by atoms with Crippen molar-refractivity contribution in [2.24, 2.45) is 0 Å². The lowest BCUT2D eigenvalue weighted by Crippen LogP contribution is -2.32. The molecule has 0 aliphatic carbocycles. The fourth-order valence-corrected chi connectivity index (χ4v) is 4.41. The second-order valence-electron chi connectivity index (χ2n) is 4.37. The number of rotatable bonds is 2. The predicted molar refractivity (Wildman–Crippen MR) is 66.1 cm³/mol. The summed E-state index contributed by atoms with van der Waals surface area (Å²) in [5.74, 6) is -0.0238. The van der Waals surface area contributed by atoms with Crippen LogP contribution in [0.25, 0.3) is 0 Å². The van der Waals surface area contributed by atoms with Gasteiger partial charge in [0, 0.05) is 10.9 Å². The molecule has 3 nitrogen and oxygen atoms in total. The van der Waals surface area contributed by atoms with E-state index in [0.29, 0.717) is 12.8 Å². The monoisotopic (exact) mass is 304 g/mol. The SMILES string of the molecule is O=S1(=O)CCC(O)(Cc2cccc(Br)c2)C1.